The Labute approximate surface area is 50.4 Å². The Morgan fingerprint density at radius 1 is 1.56 bits per heavy atom. The minimum Gasteiger partial charge on any atom is -0.390 e. The molecule has 0 spiro atoms. The Hall–Kier alpha value is -1.23. The summed E-state index contributed by atoms with van der Waals surface area (Å²) < 4.78 is 0. The second-order valence-electron chi connectivity index (χ2n) is 1.48. The normalized spacial score (nSPS) is 17.7. The molecule has 1 aliphatic heterocycles. The molecule has 5 nitrogen and oxygen atoms in total. The van der Waals surface area contributed by atoms with Gasteiger partial charge in [0.1, 0.15) is 5.71 Å². The van der Waals surface area contributed by atoms with Crippen LogP contribution in [0.4, 0.5) is 4.79 Å². The minimum atomic E-state index is -0.705. The maximum Gasteiger partial charge on any atom is 0.348 e. The van der Waals surface area contributed by atoms with E-state index in [4.69, 9.17) is 5.11 Å². The van der Waals surface area contributed by atoms with Crippen LogP contribution in [0.1, 0.15) is 0 Å². The van der Waals surface area contributed by atoms with E-state index < -0.39 is 18.5 Å². The molecule has 5 heteroatoms. The first kappa shape index (κ1) is 5.90. The van der Waals surface area contributed by atoms with Gasteiger partial charge in [-0.1, -0.05) is 0 Å². The number of hydrogen-bond acceptors (Lipinski definition) is 3. The van der Waals surface area contributed by atoms with Crippen LogP contribution in [0.15, 0.2) is 4.99 Å². The molecule has 0 aromatic heterocycles. The SMILES string of the molecule is O=C1N=C(CO)C(=O)N1. The molecule has 0 fully saturated rings. The van der Waals surface area contributed by atoms with E-state index in [1.165, 1.54) is 0 Å². The van der Waals surface area contributed by atoms with Crippen molar-refractivity contribution in [1.82, 2.24) is 5.32 Å². The largest absolute Gasteiger partial charge is 0.390 e. The molecule has 0 radical (unpaired) electrons. The van der Waals surface area contributed by atoms with Gasteiger partial charge in [0.2, 0.25) is 0 Å². The van der Waals surface area contributed by atoms with Crippen molar-refractivity contribution in [2.75, 3.05) is 6.61 Å². The minimum absolute atomic E-state index is 0.125. The number of nitrogens with one attached hydrogen (secondary N) is 1. The number of aliphatic imine (C=N–C) groups is 1. The number of aliphatic hydroxyl groups is 1. The van der Waals surface area contributed by atoms with Crippen LogP contribution in [0.2, 0.25) is 0 Å². The molecule has 0 unspecified atom stereocenters. The molecule has 0 aliphatic carbocycles. The van der Waals surface area contributed by atoms with E-state index in [9.17, 15) is 9.59 Å². The number of rotatable bonds is 1. The lowest BCUT2D eigenvalue weighted by Gasteiger charge is -1.85. The fourth-order valence-corrected chi connectivity index (χ4v) is 0.478. The lowest BCUT2D eigenvalue weighted by atomic mass is 10.4. The van der Waals surface area contributed by atoms with E-state index in [1.54, 1.807) is 0 Å². The number of amides is 3. The monoisotopic (exact) mass is 128 g/mol. The molecule has 0 aromatic rings. The highest BCUT2D eigenvalue weighted by atomic mass is 16.3. The van der Waals surface area contributed by atoms with Crippen LogP contribution in [-0.2, 0) is 4.79 Å². The molecule has 48 valence electrons. The molecule has 1 aliphatic rings. The van der Waals surface area contributed by atoms with Crippen LogP contribution >= 0.6 is 0 Å². The first-order valence-electron chi connectivity index (χ1n) is 2.28. The second-order valence-corrected chi connectivity index (χ2v) is 1.48. The van der Waals surface area contributed by atoms with E-state index in [1.807, 2.05) is 5.32 Å². The molecule has 0 saturated carbocycles. The maximum atomic E-state index is 10.4. The number of carbonyl (C=O) groups is 2. The molecule has 2 N–H and O–H groups in total. The van der Waals surface area contributed by atoms with Crippen molar-refractivity contribution in [3.63, 3.8) is 0 Å². The van der Waals surface area contributed by atoms with Crippen LogP contribution in [-0.4, -0.2) is 29.4 Å². The third-order valence-corrected chi connectivity index (χ3v) is 0.869. The quantitative estimate of drug-likeness (QED) is 0.459. The lowest BCUT2D eigenvalue weighted by molar-refractivity contribution is -0.113. The third kappa shape index (κ3) is 0.945. The highest BCUT2D eigenvalue weighted by molar-refractivity contribution is 6.46. The standard InChI is InChI=1S/C4H4N2O3/c7-1-2-3(8)6-4(9)5-2/h7H,1H2,(H,6,8,9). The Kier molecular flexibility index (Phi) is 1.27. The second kappa shape index (κ2) is 1.94. The van der Waals surface area contributed by atoms with Gasteiger partial charge in [0.05, 0.1) is 6.61 Å². The zero-order valence-corrected chi connectivity index (χ0v) is 4.42. The topological polar surface area (TPSA) is 78.8 Å². The van der Waals surface area contributed by atoms with Gasteiger partial charge < -0.3 is 5.11 Å². The summed E-state index contributed by atoms with van der Waals surface area (Å²) in [6.45, 7) is -0.489. The highest BCUT2D eigenvalue weighted by Crippen LogP contribution is 1.89. The summed E-state index contributed by atoms with van der Waals surface area (Å²) in [5.41, 5.74) is -0.125. The van der Waals surface area contributed by atoms with Crippen molar-refractivity contribution < 1.29 is 14.7 Å². The molecule has 9 heavy (non-hydrogen) atoms. The summed E-state index contributed by atoms with van der Waals surface area (Å²) in [5.74, 6) is -0.609. The first-order valence-corrected chi connectivity index (χ1v) is 2.28. The van der Waals surface area contributed by atoms with Crippen molar-refractivity contribution in [2.24, 2.45) is 4.99 Å². The molecule has 0 atom stereocenters. The summed E-state index contributed by atoms with van der Waals surface area (Å²) in [6.07, 6.45) is 0. The number of aliphatic hydroxyl groups excluding tert-OH is 1. The molecule has 1 heterocycles. The first-order chi connectivity index (χ1) is 4.24. The van der Waals surface area contributed by atoms with Gasteiger partial charge in [0.15, 0.2) is 0 Å². The predicted molar refractivity (Wildman–Crippen MR) is 28.1 cm³/mol. The number of imide groups is 1. The zero-order chi connectivity index (χ0) is 6.85. The summed E-state index contributed by atoms with van der Waals surface area (Å²) >= 11 is 0. The lowest BCUT2D eigenvalue weighted by Crippen LogP contribution is -2.26. The van der Waals surface area contributed by atoms with E-state index in [2.05, 4.69) is 4.99 Å². The molecular formula is C4H4N2O3. The van der Waals surface area contributed by atoms with Gasteiger partial charge in [-0.15, -0.1) is 0 Å². The number of hydrogen-bond donors (Lipinski definition) is 2. The Bertz CT molecular complexity index is 196. The van der Waals surface area contributed by atoms with Crippen LogP contribution in [0.3, 0.4) is 0 Å². The van der Waals surface area contributed by atoms with Crippen molar-refractivity contribution in [1.29, 1.82) is 0 Å². The third-order valence-electron chi connectivity index (χ3n) is 0.869. The Balaban J connectivity index is 2.80. The van der Waals surface area contributed by atoms with E-state index in [0.29, 0.717) is 0 Å². The summed E-state index contributed by atoms with van der Waals surface area (Å²) in [7, 11) is 0. The van der Waals surface area contributed by atoms with Gasteiger partial charge in [0.25, 0.3) is 5.91 Å². The highest BCUT2D eigenvalue weighted by Gasteiger charge is 2.21. The van der Waals surface area contributed by atoms with Crippen LogP contribution in [0.25, 0.3) is 0 Å². The predicted octanol–water partition coefficient (Wildman–Crippen LogP) is -1.33. The number of nitrogens with zero attached hydrogens (tertiary/aromatic N) is 1. The van der Waals surface area contributed by atoms with Gasteiger partial charge in [-0.25, -0.2) is 4.79 Å². The smallest absolute Gasteiger partial charge is 0.348 e. The van der Waals surface area contributed by atoms with Crippen molar-refractivity contribution in [3.05, 3.63) is 0 Å². The number of carbonyl (C=O) groups excluding carboxylic acids is 2. The average Bonchev–Trinajstić information content (AvgIpc) is 2.10. The van der Waals surface area contributed by atoms with Gasteiger partial charge in [-0.05, 0) is 0 Å². The van der Waals surface area contributed by atoms with E-state index in [-0.39, 0.29) is 5.71 Å². The fraction of sp³-hybridized carbons (Fsp3) is 0.250. The van der Waals surface area contributed by atoms with Crippen LogP contribution in [0.5, 0.6) is 0 Å². The molecule has 0 bridgehead atoms. The van der Waals surface area contributed by atoms with Gasteiger partial charge in [-0.2, -0.15) is 4.99 Å². The number of urea groups is 1. The maximum absolute atomic E-state index is 10.4. The van der Waals surface area contributed by atoms with Gasteiger partial charge >= 0.3 is 6.03 Å². The van der Waals surface area contributed by atoms with Crippen molar-refractivity contribution in [2.45, 2.75) is 0 Å². The molecule has 0 aromatic carbocycles. The summed E-state index contributed by atoms with van der Waals surface area (Å²) in [6, 6.07) is -0.705. The molecule has 0 saturated heterocycles. The Morgan fingerprint density at radius 3 is 2.44 bits per heavy atom. The van der Waals surface area contributed by atoms with Crippen molar-refractivity contribution >= 4 is 17.6 Å². The molecule has 3 amide bonds. The summed E-state index contributed by atoms with van der Waals surface area (Å²) in [5, 5.41) is 10.2. The van der Waals surface area contributed by atoms with E-state index >= 15 is 0 Å². The van der Waals surface area contributed by atoms with E-state index in [0.717, 1.165) is 0 Å². The average molecular weight is 128 g/mol. The molecule has 1 rings (SSSR count). The van der Waals surface area contributed by atoms with Gasteiger partial charge in [0, 0.05) is 0 Å². The van der Waals surface area contributed by atoms with Crippen LogP contribution in [0, 0.1) is 0 Å². The van der Waals surface area contributed by atoms with Gasteiger partial charge in [-0.3, -0.25) is 10.1 Å². The van der Waals surface area contributed by atoms with Crippen molar-refractivity contribution in [3.8, 4) is 0 Å². The zero-order valence-electron chi connectivity index (χ0n) is 4.42. The fourth-order valence-electron chi connectivity index (χ4n) is 0.478. The molecular weight excluding hydrogens is 124 g/mol. The Morgan fingerprint density at radius 2 is 2.22 bits per heavy atom. The summed E-state index contributed by atoms with van der Waals surface area (Å²) in [4.78, 5) is 23.7. The van der Waals surface area contributed by atoms with Crippen LogP contribution < -0.4 is 5.32 Å².